The number of benzene rings is 2. The summed E-state index contributed by atoms with van der Waals surface area (Å²) in [6.07, 6.45) is 3.78. The van der Waals surface area contributed by atoms with Crippen molar-refractivity contribution in [3.05, 3.63) is 70.8 Å². The van der Waals surface area contributed by atoms with Crippen molar-refractivity contribution in [3.63, 3.8) is 0 Å². The standard InChI is InChI=1S/C26H27N3O3/c1-6-28-22-11-10-18(13-20(22)17(3)15-26(28,4)5)14-21-23(30)27-25(32)29(24(21)31)19-9-7-8-16(2)12-19/h7-15H,6H2,1-5H3,(H,27,30,32)/b21-14-. The third-order valence-corrected chi connectivity index (χ3v) is 5.99. The van der Waals surface area contributed by atoms with Gasteiger partial charge in [0, 0.05) is 17.8 Å². The van der Waals surface area contributed by atoms with Crippen LogP contribution in [0.5, 0.6) is 0 Å². The largest absolute Gasteiger partial charge is 0.363 e. The molecule has 2 aromatic rings. The number of hydrogen-bond acceptors (Lipinski definition) is 4. The summed E-state index contributed by atoms with van der Waals surface area (Å²) in [6.45, 7) is 11.3. The number of carbonyl (C=O) groups is 3. The summed E-state index contributed by atoms with van der Waals surface area (Å²) in [4.78, 5) is 41.4. The molecule has 0 unspecified atom stereocenters. The lowest BCUT2D eigenvalue weighted by atomic mass is 9.88. The Morgan fingerprint density at radius 2 is 1.78 bits per heavy atom. The highest BCUT2D eigenvalue weighted by molar-refractivity contribution is 6.39. The van der Waals surface area contributed by atoms with Gasteiger partial charge in [0.2, 0.25) is 0 Å². The summed E-state index contributed by atoms with van der Waals surface area (Å²) in [7, 11) is 0. The van der Waals surface area contributed by atoms with Gasteiger partial charge in [-0.25, -0.2) is 9.69 Å². The van der Waals surface area contributed by atoms with Crippen molar-refractivity contribution in [2.45, 2.75) is 40.2 Å². The number of nitrogens with zero attached hydrogens (tertiary/aromatic N) is 2. The smallest absolute Gasteiger partial charge is 0.335 e. The number of anilines is 2. The van der Waals surface area contributed by atoms with Gasteiger partial charge >= 0.3 is 6.03 Å². The van der Waals surface area contributed by atoms with Crippen LogP contribution < -0.4 is 15.1 Å². The number of carbonyl (C=O) groups excluding carboxylic acids is 3. The summed E-state index contributed by atoms with van der Waals surface area (Å²) in [6, 6.07) is 12.2. The van der Waals surface area contributed by atoms with Gasteiger partial charge in [-0.15, -0.1) is 0 Å². The molecule has 32 heavy (non-hydrogen) atoms. The lowest BCUT2D eigenvalue weighted by Crippen LogP contribution is -2.54. The van der Waals surface area contributed by atoms with Crippen molar-refractivity contribution in [1.82, 2.24) is 5.32 Å². The fourth-order valence-electron chi connectivity index (χ4n) is 4.59. The van der Waals surface area contributed by atoms with E-state index in [1.165, 1.54) is 0 Å². The van der Waals surface area contributed by atoms with E-state index in [0.29, 0.717) is 5.69 Å². The second kappa shape index (κ2) is 7.79. The van der Waals surface area contributed by atoms with Crippen molar-refractivity contribution in [1.29, 1.82) is 0 Å². The minimum Gasteiger partial charge on any atom is -0.363 e. The zero-order valence-corrected chi connectivity index (χ0v) is 19.0. The number of aryl methyl sites for hydroxylation is 1. The number of allylic oxidation sites excluding steroid dienone is 1. The van der Waals surface area contributed by atoms with Gasteiger partial charge in [0.05, 0.1) is 11.2 Å². The molecule has 164 valence electrons. The number of hydrogen-bond donors (Lipinski definition) is 1. The zero-order chi connectivity index (χ0) is 23.2. The third kappa shape index (κ3) is 3.62. The summed E-state index contributed by atoms with van der Waals surface area (Å²) in [5, 5.41) is 2.29. The molecule has 0 saturated carbocycles. The maximum absolute atomic E-state index is 13.2. The normalized spacial score (nSPS) is 19.1. The van der Waals surface area contributed by atoms with Crippen LogP contribution in [0.15, 0.2) is 54.1 Å². The van der Waals surface area contributed by atoms with E-state index >= 15 is 0 Å². The number of fused-ring (bicyclic) bond motifs is 1. The predicted octanol–water partition coefficient (Wildman–Crippen LogP) is 4.68. The highest BCUT2D eigenvalue weighted by Gasteiger charge is 2.37. The molecule has 0 aliphatic carbocycles. The maximum Gasteiger partial charge on any atom is 0.335 e. The van der Waals surface area contributed by atoms with Gasteiger partial charge in [-0.1, -0.05) is 24.3 Å². The Bertz CT molecular complexity index is 1210. The molecule has 4 amide bonds. The molecule has 4 rings (SSSR count). The minimum atomic E-state index is -0.743. The molecule has 0 radical (unpaired) electrons. The molecular weight excluding hydrogens is 402 g/mol. The average molecular weight is 430 g/mol. The first-order valence-electron chi connectivity index (χ1n) is 10.7. The SMILES string of the molecule is CCN1c2ccc(/C=C3/C(=O)NC(=O)N(c4cccc(C)c4)C3=O)cc2C(C)=CC1(C)C. The second-order valence-electron chi connectivity index (χ2n) is 8.80. The van der Waals surface area contributed by atoms with Crippen LogP contribution >= 0.6 is 0 Å². The van der Waals surface area contributed by atoms with Crippen LogP contribution in [-0.4, -0.2) is 29.9 Å². The van der Waals surface area contributed by atoms with E-state index in [4.69, 9.17) is 0 Å². The molecule has 0 spiro atoms. The first-order chi connectivity index (χ1) is 15.1. The van der Waals surface area contributed by atoms with Crippen molar-refractivity contribution in [2.75, 3.05) is 16.3 Å². The highest BCUT2D eigenvalue weighted by atomic mass is 16.2. The fourth-order valence-corrected chi connectivity index (χ4v) is 4.59. The van der Waals surface area contributed by atoms with E-state index in [-0.39, 0.29) is 11.1 Å². The van der Waals surface area contributed by atoms with E-state index in [9.17, 15) is 14.4 Å². The molecule has 2 aromatic carbocycles. The molecule has 2 aliphatic rings. The Balaban J connectivity index is 1.75. The van der Waals surface area contributed by atoms with Crippen LogP contribution in [0.2, 0.25) is 0 Å². The fraction of sp³-hybridized carbons (Fsp3) is 0.269. The van der Waals surface area contributed by atoms with Gasteiger partial charge < -0.3 is 4.90 Å². The average Bonchev–Trinajstić information content (AvgIpc) is 2.71. The van der Waals surface area contributed by atoms with E-state index < -0.39 is 17.8 Å². The van der Waals surface area contributed by atoms with Gasteiger partial charge in [-0.05, 0) is 81.7 Å². The molecule has 6 heteroatoms. The van der Waals surface area contributed by atoms with Crippen LogP contribution in [0.4, 0.5) is 16.2 Å². The molecule has 1 saturated heterocycles. The Labute approximate surface area is 188 Å². The molecule has 2 aliphatic heterocycles. The van der Waals surface area contributed by atoms with Crippen LogP contribution in [0.3, 0.4) is 0 Å². The Morgan fingerprint density at radius 3 is 2.47 bits per heavy atom. The molecule has 0 bridgehead atoms. The van der Waals surface area contributed by atoms with Gasteiger partial charge in [0.1, 0.15) is 5.57 Å². The Hall–Kier alpha value is -3.67. The van der Waals surface area contributed by atoms with Gasteiger partial charge in [0.25, 0.3) is 11.8 Å². The molecule has 6 nitrogen and oxygen atoms in total. The van der Waals surface area contributed by atoms with Crippen LogP contribution in [0.1, 0.15) is 44.4 Å². The predicted molar refractivity (Wildman–Crippen MR) is 127 cm³/mol. The molecule has 1 N–H and O–H groups in total. The van der Waals surface area contributed by atoms with Crippen LogP contribution in [0, 0.1) is 6.92 Å². The minimum absolute atomic E-state index is 0.0730. The van der Waals surface area contributed by atoms with Crippen LogP contribution in [0.25, 0.3) is 11.6 Å². The number of barbiturate groups is 1. The Kier molecular flexibility index (Phi) is 5.25. The molecular formula is C26H27N3O3. The topological polar surface area (TPSA) is 69.7 Å². The number of nitrogens with one attached hydrogen (secondary N) is 1. The van der Waals surface area contributed by atoms with Gasteiger partial charge in [-0.2, -0.15) is 0 Å². The highest BCUT2D eigenvalue weighted by Crippen LogP contribution is 2.39. The first kappa shape index (κ1) is 21.6. The molecule has 1 fully saturated rings. The number of rotatable bonds is 3. The van der Waals surface area contributed by atoms with E-state index in [1.54, 1.807) is 24.3 Å². The van der Waals surface area contributed by atoms with Crippen molar-refractivity contribution in [3.8, 4) is 0 Å². The number of imide groups is 2. The number of urea groups is 1. The lowest BCUT2D eigenvalue weighted by Gasteiger charge is -2.42. The molecule has 0 atom stereocenters. The molecule has 0 aromatic heterocycles. The zero-order valence-electron chi connectivity index (χ0n) is 19.0. The van der Waals surface area contributed by atoms with Crippen molar-refractivity contribution in [2.24, 2.45) is 0 Å². The third-order valence-electron chi connectivity index (χ3n) is 5.99. The second-order valence-corrected chi connectivity index (χ2v) is 8.80. The lowest BCUT2D eigenvalue weighted by molar-refractivity contribution is -0.122. The quantitative estimate of drug-likeness (QED) is 0.568. The van der Waals surface area contributed by atoms with E-state index in [0.717, 1.165) is 39.4 Å². The van der Waals surface area contributed by atoms with Crippen molar-refractivity contribution < 1.29 is 14.4 Å². The Morgan fingerprint density at radius 1 is 1.03 bits per heavy atom. The summed E-state index contributed by atoms with van der Waals surface area (Å²) in [5.41, 5.74) is 5.22. The van der Waals surface area contributed by atoms with Crippen molar-refractivity contribution >= 4 is 40.9 Å². The number of likely N-dealkylation sites (N-methyl/N-ethyl adjacent to an activating group) is 1. The summed E-state index contributed by atoms with van der Waals surface area (Å²) in [5.74, 6) is -1.32. The summed E-state index contributed by atoms with van der Waals surface area (Å²) < 4.78 is 0. The van der Waals surface area contributed by atoms with E-state index in [2.05, 4.69) is 44.0 Å². The van der Waals surface area contributed by atoms with Crippen LogP contribution in [-0.2, 0) is 9.59 Å². The number of amides is 4. The monoisotopic (exact) mass is 429 g/mol. The van der Waals surface area contributed by atoms with E-state index in [1.807, 2.05) is 31.2 Å². The summed E-state index contributed by atoms with van der Waals surface area (Å²) >= 11 is 0. The molecule has 2 heterocycles. The van der Waals surface area contributed by atoms with Gasteiger partial charge in [0.15, 0.2) is 0 Å². The maximum atomic E-state index is 13.2. The first-order valence-corrected chi connectivity index (χ1v) is 10.7. The van der Waals surface area contributed by atoms with Gasteiger partial charge in [-0.3, -0.25) is 14.9 Å².